The first kappa shape index (κ1) is 9.29. The van der Waals surface area contributed by atoms with Crippen LogP contribution in [-0.4, -0.2) is 16.8 Å². The lowest BCUT2D eigenvalue weighted by molar-refractivity contribution is 0.361. The highest BCUT2D eigenvalue weighted by Crippen LogP contribution is 2.22. The number of ether oxygens (including phenoxy) is 1. The zero-order valence-electron chi connectivity index (χ0n) is 6.13. The molecule has 0 spiro atoms. The van der Waals surface area contributed by atoms with E-state index in [1.807, 2.05) is 0 Å². The normalized spacial score (nSPS) is 9.50. The van der Waals surface area contributed by atoms with Crippen LogP contribution in [0.2, 0.25) is 10.3 Å². The summed E-state index contributed by atoms with van der Waals surface area (Å²) in [6.45, 7) is 3.85. The van der Waals surface area contributed by atoms with Crippen LogP contribution < -0.4 is 4.74 Å². The van der Waals surface area contributed by atoms with E-state index < -0.39 is 0 Å². The van der Waals surface area contributed by atoms with Gasteiger partial charge in [-0.2, -0.15) is 0 Å². The summed E-state index contributed by atoms with van der Waals surface area (Å²) in [6, 6.07) is 1.50. The van der Waals surface area contributed by atoms with Crippen molar-refractivity contribution in [2.75, 3.05) is 6.61 Å². The molecule has 0 atom stereocenters. The van der Waals surface area contributed by atoms with Gasteiger partial charge in [-0.15, -0.1) is 10.2 Å². The van der Waals surface area contributed by atoms with Gasteiger partial charge < -0.3 is 4.74 Å². The highest BCUT2D eigenvalue weighted by molar-refractivity contribution is 6.32. The van der Waals surface area contributed by atoms with Crippen LogP contribution in [0.25, 0.3) is 0 Å². The lowest BCUT2D eigenvalue weighted by Gasteiger charge is -2.03. The minimum atomic E-state index is 0.196. The van der Waals surface area contributed by atoms with E-state index in [0.29, 0.717) is 12.4 Å². The molecule has 64 valence electrons. The standard InChI is InChI=1S/C7H6Cl2N2O/c1-2-3-12-5-4-6(8)10-11-7(5)9/h2,4H,1,3H2. The number of aromatic nitrogens is 2. The van der Waals surface area contributed by atoms with Crippen LogP contribution in [0.15, 0.2) is 18.7 Å². The summed E-state index contributed by atoms with van der Waals surface area (Å²) in [4.78, 5) is 0. The molecule has 12 heavy (non-hydrogen) atoms. The van der Waals surface area contributed by atoms with Crippen LogP contribution in [0.5, 0.6) is 5.75 Å². The molecule has 0 N–H and O–H groups in total. The van der Waals surface area contributed by atoms with Crippen LogP contribution >= 0.6 is 23.2 Å². The fourth-order valence-electron chi connectivity index (χ4n) is 0.587. The molecule has 0 bridgehead atoms. The van der Waals surface area contributed by atoms with Gasteiger partial charge >= 0.3 is 0 Å². The Bertz CT molecular complexity index is 291. The molecule has 0 amide bonds. The Morgan fingerprint density at radius 3 is 2.92 bits per heavy atom. The molecule has 0 saturated heterocycles. The maximum atomic E-state index is 5.64. The molecule has 1 aromatic heterocycles. The molecule has 1 rings (SSSR count). The van der Waals surface area contributed by atoms with E-state index in [1.165, 1.54) is 6.07 Å². The molecule has 0 unspecified atom stereocenters. The van der Waals surface area contributed by atoms with Crippen molar-refractivity contribution in [3.63, 3.8) is 0 Å². The summed E-state index contributed by atoms with van der Waals surface area (Å²) in [6.07, 6.45) is 1.60. The molecule has 1 heterocycles. The van der Waals surface area contributed by atoms with Gasteiger partial charge in [-0.05, 0) is 0 Å². The predicted molar refractivity (Wildman–Crippen MR) is 47.7 cm³/mol. The highest BCUT2D eigenvalue weighted by atomic mass is 35.5. The monoisotopic (exact) mass is 204 g/mol. The van der Waals surface area contributed by atoms with Gasteiger partial charge in [0.1, 0.15) is 6.61 Å². The summed E-state index contributed by atoms with van der Waals surface area (Å²) in [5, 5.41) is 7.53. The summed E-state index contributed by atoms with van der Waals surface area (Å²) >= 11 is 11.2. The molecule has 0 aliphatic heterocycles. The average Bonchev–Trinajstić information content (AvgIpc) is 2.07. The largest absolute Gasteiger partial charge is 0.486 e. The maximum Gasteiger partial charge on any atom is 0.193 e. The molecule has 3 nitrogen and oxygen atoms in total. The fourth-order valence-corrected chi connectivity index (χ4v) is 0.871. The van der Waals surface area contributed by atoms with Crippen molar-refractivity contribution in [3.8, 4) is 5.75 Å². The molecule has 5 heteroatoms. The minimum absolute atomic E-state index is 0.196. The number of halogens is 2. The van der Waals surface area contributed by atoms with Crippen molar-refractivity contribution < 1.29 is 4.74 Å². The molecule has 1 aromatic rings. The quantitative estimate of drug-likeness (QED) is 0.710. The topological polar surface area (TPSA) is 35.0 Å². The number of nitrogens with zero attached hydrogens (tertiary/aromatic N) is 2. The third kappa shape index (κ3) is 2.36. The maximum absolute atomic E-state index is 5.64. The van der Waals surface area contributed by atoms with Crippen LogP contribution in [0.4, 0.5) is 0 Å². The lowest BCUT2D eigenvalue weighted by Crippen LogP contribution is -1.95. The van der Waals surface area contributed by atoms with Crippen molar-refractivity contribution in [1.29, 1.82) is 0 Å². The molecule has 0 aromatic carbocycles. The third-order valence-electron chi connectivity index (χ3n) is 1.04. The van der Waals surface area contributed by atoms with Gasteiger partial charge in [0.2, 0.25) is 0 Å². The van der Waals surface area contributed by atoms with Gasteiger partial charge in [-0.1, -0.05) is 35.9 Å². The summed E-state index contributed by atoms with van der Waals surface area (Å²) in [5.74, 6) is 0.413. The Labute approximate surface area is 80.0 Å². The van der Waals surface area contributed by atoms with Crippen molar-refractivity contribution in [2.24, 2.45) is 0 Å². The third-order valence-corrected chi connectivity index (χ3v) is 1.49. The molecular weight excluding hydrogens is 199 g/mol. The van der Waals surface area contributed by atoms with E-state index in [0.717, 1.165) is 0 Å². The first-order valence-corrected chi connectivity index (χ1v) is 3.92. The van der Waals surface area contributed by atoms with E-state index in [9.17, 15) is 0 Å². The van der Waals surface area contributed by atoms with E-state index in [4.69, 9.17) is 27.9 Å². The van der Waals surface area contributed by atoms with Crippen LogP contribution in [-0.2, 0) is 0 Å². The van der Waals surface area contributed by atoms with Crippen LogP contribution in [0.1, 0.15) is 0 Å². The summed E-state index contributed by atoms with van der Waals surface area (Å²) in [7, 11) is 0. The Kier molecular flexibility index (Phi) is 3.31. The van der Waals surface area contributed by atoms with E-state index in [2.05, 4.69) is 16.8 Å². The van der Waals surface area contributed by atoms with Gasteiger partial charge in [0, 0.05) is 6.07 Å². The Morgan fingerprint density at radius 1 is 1.50 bits per heavy atom. The van der Waals surface area contributed by atoms with Gasteiger partial charge in [-0.25, -0.2) is 0 Å². The molecule has 0 aliphatic rings. The van der Waals surface area contributed by atoms with Crippen LogP contribution in [0.3, 0.4) is 0 Å². The van der Waals surface area contributed by atoms with Gasteiger partial charge in [0.05, 0.1) is 0 Å². The average molecular weight is 205 g/mol. The summed E-state index contributed by atoms with van der Waals surface area (Å²) < 4.78 is 5.13. The Balaban J connectivity index is 2.82. The molecule has 0 radical (unpaired) electrons. The minimum Gasteiger partial charge on any atom is -0.486 e. The SMILES string of the molecule is C=CCOc1cc(Cl)nnc1Cl. The van der Waals surface area contributed by atoms with Gasteiger partial charge in [-0.3, -0.25) is 0 Å². The fraction of sp³-hybridized carbons (Fsp3) is 0.143. The second-order valence-electron chi connectivity index (χ2n) is 1.92. The summed E-state index contributed by atoms with van der Waals surface area (Å²) in [5.41, 5.74) is 0. The smallest absolute Gasteiger partial charge is 0.193 e. The second kappa shape index (κ2) is 4.28. The Hall–Kier alpha value is -0.800. The molecule has 0 aliphatic carbocycles. The lowest BCUT2D eigenvalue weighted by atomic mass is 10.5. The van der Waals surface area contributed by atoms with E-state index in [1.54, 1.807) is 6.08 Å². The zero-order valence-corrected chi connectivity index (χ0v) is 7.64. The van der Waals surface area contributed by atoms with Crippen LogP contribution in [0, 0.1) is 0 Å². The molecule has 0 fully saturated rings. The van der Waals surface area contributed by atoms with Crippen molar-refractivity contribution in [2.45, 2.75) is 0 Å². The molecular formula is C7H6Cl2N2O. The highest BCUT2D eigenvalue weighted by Gasteiger charge is 2.03. The van der Waals surface area contributed by atoms with E-state index in [-0.39, 0.29) is 10.3 Å². The molecule has 0 saturated carbocycles. The first-order valence-electron chi connectivity index (χ1n) is 3.16. The van der Waals surface area contributed by atoms with Gasteiger partial charge in [0.15, 0.2) is 16.1 Å². The first-order chi connectivity index (χ1) is 5.74. The second-order valence-corrected chi connectivity index (χ2v) is 2.67. The van der Waals surface area contributed by atoms with Gasteiger partial charge in [0.25, 0.3) is 0 Å². The number of rotatable bonds is 3. The number of hydrogen-bond acceptors (Lipinski definition) is 3. The number of hydrogen-bond donors (Lipinski definition) is 0. The zero-order chi connectivity index (χ0) is 8.97. The Morgan fingerprint density at radius 2 is 2.25 bits per heavy atom. The van der Waals surface area contributed by atoms with Crippen molar-refractivity contribution in [1.82, 2.24) is 10.2 Å². The van der Waals surface area contributed by atoms with E-state index >= 15 is 0 Å². The predicted octanol–water partition coefficient (Wildman–Crippen LogP) is 2.35. The van der Waals surface area contributed by atoms with Crippen molar-refractivity contribution >= 4 is 23.2 Å². The van der Waals surface area contributed by atoms with Crippen molar-refractivity contribution in [3.05, 3.63) is 29.0 Å².